The van der Waals surface area contributed by atoms with E-state index in [1.165, 1.54) is 104 Å². The molecule has 0 amide bonds. The lowest BCUT2D eigenvalue weighted by molar-refractivity contribution is 1.10. The number of aromatic nitrogens is 9. The number of hydrogen-bond acceptors (Lipinski definition) is 2. The molecular weight excluding hydrogens is 1410 g/mol. The standard InChI is InChI=1S/C106H74BN9/c1-63-49-65(3)103(66(4)50-63)107(104-67(5)51-64(2)52-68(104)6)69-41-44-94-82(53-69)77-29-13-20-36-91(77)114(94)74-54-75(115-92-37-21-16-32-80(92)85-59-83-78-30-14-18-34-89(78)112(99(83)61-101(85)115)72-42-45-95-87(57-72)105-97(39-23-47-108-105)110(95)70-25-9-7-10-26-70)56-76(55-74)116-93-38-22-17-33-81(93)86-60-84-79-31-15-19-35-90(79)113(100(84)62-102(86)116)73-43-46-96-88(58-73)106-98(40-24-48-109-106)111(96)71-27-11-8-12-28-71/h7-62H,1-6H3. The number of aryl methyl sites for hydroxylation is 6. The number of para-hydroxylation sites is 7. The molecule has 0 aliphatic carbocycles. The summed E-state index contributed by atoms with van der Waals surface area (Å²) in [5.41, 5.74) is 36.7. The summed E-state index contributed by atoms with van der Waals surface area (Å²) in [6, 6.07) is 123. The second-order valence-electron chi connectivity index (χ2n) is 32.1. The summed E-state index contributed by atoms with van der Waals surface area (Å²) in [5, 5.41) is 14.1. The van der Waals surface area contributed by atoms with Crippen LogP contribution in [0.1, 0.15) is 33.4 Å². The molecule has 0 radical (unpaired) electrons. The fourth-order valence-electron chi connectivity index (χ4n) is 20.8. The Morgan fingerprint density at radius 1 is 0.190 bits per heavy atom. The van der Waals surface area contributed by atoms with E-state index in [2.05, 4.69) is 389 Å². The first-order valence-electron chi connectivity index (χ1n) is 40.2. The highest BCUT2D eigenvalue weighted by molar-refractivity contribution is 6.96. The third-order valence-corrected chi connectivity index (χ3v) is 25.2. The largest absolute Gasteiger partial charge is 0.309 e. The summed E-state index contributed by atoms with van der Waals surface area (Å²) in [6.07, 6.45) is 3.84. The van der Waals surface area contributed by atoms with Crippen LogP contribution >= 0.6 is 0 Å². The maximum atomic E-state index is 5.10. The molecule has 0 aliphatic heterocycles. The van der Waals surface area contributed by atoms with Crippen molar-refractivity contribution in [1.29, 1.82) is 0 Å². The predicted molar refractivity (Wildman–Crippen MR) is 488 cm³/mol. The van der Waals surface area contributed by atoms with Crippen LogP contribution in [0.3, 0.4) is 0 Å². The molecule has 0 N–H and O–H groups in total. The van der Waals surface area contributed by atoms with Gasteiger partial charge in [0.05, 0.1) is 105 Å². The minimum Gasteiger partial charge on any atom is -0.309 e. The van der Waals surface area contributed by atoms with Crippen molar-refractivity contribution >= 4 is 176 Å². The number of pyridine rings is 2. The van der Waals surface area contributed by atoms with Crippen molar-refractivity contribution in [3.05, 3.63) is 373 Å². The fraction of sp³-hybridized carbons (Fsp3) is 0.0566. The Balaban J connectivity index is 0.785. The maximum Gasteiger partial charge on any atom is 0.242 e. The number of rotatable bonds is 10. The SMILES string of the molecule is Cc1cc(C)c(B(c2ccc3c(c2)c2ccccc2n3-c2cc(-n3c4ccccc4c4cc5c6ccccc6n(-c6ccc7c(c6)c6ncccc6n7-c6ccccc6)c5cc43)cc(-n3c4ccccc4c4cc5c6ccccc6n(-c6ccc7c(c6)c6ncccc6n7-c6ccccc6)c5cc43)c2)c2c(C)cc(C)cc2C)c(C)c1. The molecular formula is C106H74BN9. The minimum atomic E-state index is -0.0126. The van der Waals surface area contributed by atoms with Crippen molar-refractivity contribution in [2.24, 2.45) is 0 Å². The van der Waals surface area contributed by atoms with Crippen LogP contribution in [0.5, 0.6) is 0 Å². The summed E-state index contributed by atoms with van der Waals surface area (Å²) >= 11 is 0. The molecule has 0 fully saturated rings. The molecule has 0 atom stereocenters. The lowest BCUT2D eigenvalue weighted by atomic mass is 9.34. The zero-order chi connectivity index (χ0) is 77.0. The Bertz CT molecular complexity index is 7890. The zero-order valence-corrected chi connectivity index (χ0v) is 64.9. The molecule has 24 aromatic rings. The van der Waals surface area contributed by atoms with E-state index < -0.39 is 0 Å². The van der Waals surface area contributed by atoms with Gasteiger partial charge >= 0.3 is 0 Å². The van der Waals surface area contributed by atoms with Gasteiger partial charge in [0.15, 0.2) is 0 Å². The summed E-state index contributed by atoms with van der Waals surface area (Å²) in [4.78, 5) is 10.2. The molecule has 10 heteroatoms. The third-order valence-electron chi connectivity index (χ3n) is 25.2. The summed E-state index contributed by atoms with van der Waals surface area (Å²) in [7, 11) is 0. The topological polar surface area (TPSA) is 60.3 Å². The lowest BCUT2D eigenvalue weighted by Crippen LogP contribution is -2.55. The average molecular weight is 1480 g/mol. The number of nitrogens with zero attached hydrogens (tertiary/aromatic N) is 9. The average Bonchev–Trinajstić information content (AvgIpc) is 1.55. The van der Waals surface area contributed by atoms with Crippen molar-refractivity contribution in [1.82, 2.24) is 41.9 Å². The predicted octanol–water partition coefficient (Wildman–Crippen LogP) is 24.5. The molecule has 9 aromatic heterocycles. The summed E-state index contributed by atoms with van der Waals surface area (Å²) in [6.45, 7) is 13.7. The molecule has 0 bridgehead atoms. The smallest absolute Gasteiger partial charge is 0.242 e. The first kappa shape index (κ1) is 65.9. The van der Waals surface area contributed by atoms with Gasteiger partial charge in [0, 0.05) is 99.8 Å². The van der Waals surface area contributed by atoms with E-state index in [9.17, 15) is 0 Å². The van der Waals surface area contributed by atoms with Gasteiger partial charge in [0.25, 0.3) is 0 Å². The maximum absolute atomic E-state index is 5.10. The number of benzene rings is 15. The molecule has 0 saturated carbocycles. The van der Waals surface area contributed by atoms with Crippen molar-refractivity contribution in [3.63, 3.8) is 0 Å². The molecule has 24 rings (SSSR count). The van der Waals surface area contributed by atoms with Gasteiger partial charge in [-0.05, 0) is 205 Å². The van der Waals surface area contributed by atoms with Crippen LogP contribution in [-0.4, -0.2) is 48.7 Å². The van der Waals surface area contributed by atoms with Crippen LogP contribution in [0, 0.1) is 41.5 Å². The van der Waals surface area contributed by atoms with Gasteiger partial charge in [0.1, 0.15) is 0 Å². The normalized spacial score (nSPS) is 12.2. The Labute approximate surface area is 668 Å². The first-order chi connectivity index (χ1) is 57.0. The quantitative estimate of drug-likeness (QED) is 0.128. The fourth-order valence-corrected chi connectivity index (χ4v) is 20.8. The third kappa shape index (κ3) is 9.52. The molecule has 116 heavy (non-hydrogen) atoms. The Hall–Kier alpha value is -14.7. The van der Waals surface area contributed by atoms with Gasteiger partial charge in [-0.1, -0.05) is 214 Å². The van der Waals surface area contributed by atoms with E-state index in [4.69, 9.17) is 9.97 Å². The van der Waals surface area contributed by atoms with Gasteiger partial charge in [-0.3, -0.25) is 9.97 Å². The highest BCUT2D eigenvalue weighted by atomic mass is 15.1. The van der Waals surface area contributed by atoms with Crippen LogP contribution in [-0.2, 0) is 0 Å². The lowest BCUT2D eigenvalue weighted by Gasteiger charge is -2.25. The van der Waals surface area contributed by atoms with Crippen LogP contribution in [0.4, 0.5) is 0 Å². The van der Waals surface area contributed by atoms with E-state index in [0.717, 1.165) is 139 Å². The number of hydrogen-bond donors (Lipinski definition) is 0. The summed E-state index contributed by atoms with van der Waals surface area (Å²) in [5.74, 6) is 0. The van der Waals surface area contributed by atoms with Gasteiger partial charge in [0.2, 0.25) is 6.71 Å². The highest BCUT2D eigenvalue weighted by Crippen LogP contribution is 2.46. The molecule has 9 heterocycles. The molecule has 15 aromatic carbocycles. The van der Waals surface area contributed by atoms with Crippen molar-refractivity contribution in [2.75, 3.05) is 0 Å². The van der Waals surface area contributed by atoms with Crippen LogP contribution in [0.15, 0.2) is 340 Å². The minimum absolute atomic E-state index is 0.0126. The van der Waals surface area contributed by atoms with Gasteiger partial charge < -0.3 is 32.0 Å². The van der Waals surface area contributed by atoms with Crippen LogP contribution < -0.4 is 16.4 Å². The molecule has 0 aliphatic rings. The Morgan fingerprint density at radius 2 is 0.474 bits per heavy atom. The Kier molecular flexibility index (Phi) is 14.1. The summed E-state index contributed by atoms with van der Waals surface area (Å²) < 4.78 is 17.3. The molecule has 0 spiro atoms. The number of fused-ring (bicyclic) bond motifs is 21. The second kappa shape index (κ2) is 24.9. The molecule has 0 saturated heterocycles. The second-order valence-corrected chi connectivity index (χ2v) is 32.1. The van der Waals surface area contributed by atoms with Crippen LogP contribution in [0.2, 0.25) is 0 Å². The van der Waals surface area contributed by atoms with E-state index in [-0.39, 0.29) is 6.71 Å². The van der Waals surface area contributed by atoms with E-state index in [1.54, 1.807) is 0 Å². The van der Waals surface area contributed by atoms with Gasteiger partial charge in [-0.2, -0.15) is 0 Å². The van der Waals surface area contributed by atoms with E-state index >= 15 is 0 Å². The van der Waals surface area contributed by atoms with Crippen molar-refractivity contribution < 1.29 is 0 Å². The molecule has 9 nitrogen and oxygen atoms in total. The monoisotopic (exact) mass is 1480 g/mol. The molecule has 546 valence electrons. The highest BCUT2D eigenvalue weighted by Gasteiger charge is 2.31. The Morgan fingerprint density at radius 3 is 0.845 bits per heavy atom. The van der Waals surface area contributed by atoms with Gasteiger partial charge in [-0.25, -0.2) is 0 Å². The van der Waals surface area contributed by atoms with E-state index in [1.807, 2.05) is 24.5 Å². The van der Waals surface area contributed by atoms with Gasteiger partial charge in [-0.15, -0.1) is 0 Å². The van der Waals surface area contributed by atoms with Crippen molar-refractivity contribution in [2.45, 2.75) is 41.5 Å². The first-order valence-corrected chi connectivity index (χ1v) is 40.2. The van der Waals surface area contributed by atoms with Crippen LogP contribution in [0.25, 0.3) is 193 Å². The molecule has 0 unspecified atom stereocenters. The van der Waals surface area contributed by atoms with E-state index in [0.29, 0.717) is 0 Å². The zero-order valence-electron chi connectivity index (χ0n) is 64.9. The van der Waals surface area contributed by atoms with Crippen molar-refractivity contribution in [3.8, 4) is 39.8 Å².